The second-order valence-electron chi connectivity index (χ2n) is 8.70. The van der Waals surface area contributed by atoms with Gasteiger partial charge in [-0.2, -0.15) is 9.97 Å². The third-order valence-electron chi connectivity index (χ3n) is 6.45. The zero-order chi connectivity index (χ0) is 26.7. The molecule has 2 aromatic heterocycles. The van der Waals surface area contributed by atoms with E-state index in [4.69, 9.17) is 27.5 Å². The van der Waals surface area contributed by atoms with Gasteiger partial charge in [-0.1, -0.05) is 30.3 Å². The Labute approximate surface area is 218 Å². The number of carbonyl (C=O) groups is 2. The van der Waals surface area contributed by atoms with Crippen LogP contribution >= 0.6 is 11.6 Å². The number of anilines is 1. The number of ether oxygens (including phenoxy) is 2. The van der Waals surface area contributed by atoms with Crippen molar-refractivity contribution in [2.45, 2.75) is 37.7 Å². The maximum atomic E-state index is 12.1. The van der Waals surface area contributed by atoms with Gasteiger partial charge in [0.15, 0.2) is 17.0 Å². The SMILES string of the molecule is C#CC1CC(n2cnc3c(N(C)CC)nc(Cl)nc32)OC1COC(Cc1ccccc1)(C(=O)O)C(=O)O. The average molecular weight is 528 g/mol. The van der Waals surface area contributed by atoms with E-state index in [1.54, 1.807) is 41.2 Å². The van der Waals surface area contributed by atoms with Crippen LogP contribution < -0.4 is 4.90 Å². The van der Waals surface area contributed by atoms with E-state index in [0.29, 0.717) is 35.5 Å². The maximum absolute atomic E-state index is 12.1. The zero-order valence-electron chi connectivity index (χ0n) is 20.2. The largest absolute Gasteiger partial charge is 0.479 e. The molecule has 0 saturated carbocycles. The molecule has 4 rings (SSSR count). The summed E-state index contributed by atoms with van der Waals surface area (Å²) in [6.07, 6.45) is 5.90. The van der Waals surface area contributed by atoms with E-state index in [2.05, 4.69) is 20.9 Å². The molecule has 3 atom stereocenters. The summed E-state index contributed by atoms with van der Waals surface area (Å²) in [6.45, 7) is 2.29. The van der Waals surface area contributed by atoms with Crippen LogP contribution in [0.25, 0.3) is 11.2 Å². The van der Waals surface area contributed by atoms with Crippen molar-refractivity contribution >= 4 is 40.5 Å². The third-order valence-corrected chi connectivity index (χ3v) is 6.62. The van der Waals surface area contributed by atoms with Crippen LogP contribution in [0.15, 0.2) is 36.7 Å². The molecule has 1 fully saturated rings. The number of imidazole rings is 1. The summed E-state index contributed by atoms with van der Waals surface area (Å²) < 4.78 is 13.4. The average Bonchev–Trinajstić information content (AvgIpc) is 3.49. The van der Waals surface area contributed by atoms with E-state index in [1.165, 1.54) is 0 Å². The number of benzene rings is 1. The van der Waals surface area contributed by atoms with Gasteiger partial charge in [-0.05, 0) is 24.1 Å². The van der Waals surface area contributed by atoms with Gasteiger partial charge in [0, 0.05) is 26.4 Å². The van der Waals surface area contributed by atoms with Crippen LogP contribution in [0.5, 0.6) is 0 Å². The van der Waals surface area contributed by atoms with E-state index in [9.17, 15) is 19.8 Å². The van der Waals surface area contributed by atoms with E-state index in [-0.39, 0.29) is 18.3 Å². The van der Waals surface area contributed by atoms with Gasteiger partial charge in [0.1, 0.15) is 6.23 Å². The number of carboxylic acids is 2. The van der Waals surface area contributed by atoms with Gasteiger partial charge in [0.2, 0.25) is 5.28 Å². The van der Waals surface area contributed by atoms with E-state index in [0.717, 1.165) is 0 Å². The Morgan fingerprint density at radius 2 is 2.00 bits per heavy atom. The van der Waals surface area contributed by atoms with Gasteiger partial charge in [0.05, 0.1) is 25.0 Å². The summed E-state index contributed by atoms with van der Waals surface area (Å²) in [7, 11) is 1.86. The van der Waals surface area contributed by atoms with Gasteiger partial charge in [-0.15, -0.1) is 12.3 Å². The molecule has 0 spiro atoms. The Hall–Kier alpha value is -3.72. The van der Waals surface area contributed by atoms with E-state index in [1.807, 2.05) is 18.9 Å². The molecule has 0 radical (unpaired) electrons. The molecule has 37 heavy (non-hydrogen) atoms. The Morgan fingerprint density at radius 3 is 2.62 bits per heavy atom. The Bertz CT molecular complexity index is 1330. The van der Waals surface area contributed by atoms with Crippen molar-refractivity contribution in [3.8, 4) is 12.3 Å². The van der Waals surface area contributed by atoms with Crippen LogP contribution in [0.4, 0.5) is 5.82 Å². The standard InChI is InChI=1S/C25H26ClN5O6/c1-4-16-11-18(31-14-27-19-20(30(3)5-2)28-24(26)29-21(19)31)37-17(16)13-36-25(22(32)33,23(34)35)12-15-9-7-6-8-10-15/h1,6-10,14,16-18H,5,11-13H2,2-3H3,(H,32,33)(H,34,35). The van der Waals surface area contributed by atoms with Crippen LogP contribution in [0.3, 0.4) is 0 Å². The van der Waals surface area contributed by atoms with Crippen LogP contribution in [0.2, 0.25) is 5.28 Å². The molecule has 3 heterocycles. The number of carboxylic acid groups (broad SMARTS) is 2. The Balaban J connectivity index is 1.58. The number of fused-ring (bicyclic) bond motifs is 1. The maximum Gasteiger partial charge on any atom is 0.348 e. The summed E-state index contributed by atoms with van der Waals surface area (Å²) in [6, 6.07) is 8.41. The number of halogens is 1. The van der Waals surface area contributed by atoms with Crippen molar-refractivity contribution in [1.29, 1.82) is 0 Å². The highest BCUT2D eigenvalue weighted by Crippen LogP contribution is 2.37. The molecule has 1 aliphatic rings. The Morgan fingerprint density at radius 1 is 1.30 bits per heavy atom. The van der Waals surface area contributed by atoms with Crippen molar-refractivity contribution in [3.05, 3.63) is 47.5 Å². The molecule has 3 unspecified atom stereocenters. The lowest BCUT2D eigenvalue weighted by Crippen LogP contribution is -2.52. The molecule has 1 saturated heterocycles. The first-order valence-corrected chi connectivity index (χ1v) is 12.0. The normalized spacial score (nSPS) is 19.6. The van der Waals surface area contributed by atoms with Crippen LogP contribution in [0, 0.1) is 18.3 Å². The molecule has 11 nitrogen and oxygen atoms in total. The lowest BCUT2D eigenvalue weighted by Gasteiger charge is -2.27. The molecule has 2 N–H and O–H groups in total. The zero-order valence-corrected chi connectivity index (χ0v) is 21.0. The monoisotopic (exact) mass is 527 g/mol. The summed E-state index contributed by atoms with van der Waals surface area (Å²) in [4.78, 5) is 39.2. The second kappa shape index (κ2) is 10.7. The fraction of sp³-hybridized carbons (Fsp3) is 0.400. The quantitative estimate of drug-likeness (QED) is 0.230. The molecule has 0 amide bonds. The fourth-order valence-corrected chi connectivity index (χ4v) is 4.42. The van der Waals surface area contributed by atoms with Crippen molar-refractivity contribution < 1.29 is 29.3 Å². The first-order valence-electron chi connectivity index (χ1n) is 11.6. The van der Waals surface area contributed by atoms with Crippen molar-refractivity contribution in [1.82, 2.24) is 19.5 Å². The third kappa shape index (κ3) is 5.09. The molecular formula is C25H26ClN5O6. The highest BCUT2D eigenvalue weighted by atomic mass is 35.5. The minimum Gasteiger partial charge on any atom is -0.479 e. The highest BCUT2D eigenvalue weighted by molar-refractivity contribution is 6.28. The fourth-order valence-electron chi connectivity index (χ4n) is 4.26. The molecule has 12 heteroatoms. The summed E-state index contributed by atoms with van der Waals surface area (Å²) in [5.74, 6) is -0.495. The highest BCUT2D eigenvalue weighted by Gasteiger charge is 2.50. The van der Waals surface area contributed by atoms with Gasteiger partial charge in [-0.25, -0.2) is 14.6 Å². The van der Waals surface area contributed by atoms with Gasteiger partial charge >= 0.3 is 11.9 Å². The first-order chi connectivity index (χ1) is 17.7. The second-order valence-corrected chi connectivity index (χ2v) is 9.04. The predicted octanol–water partition coefficient (Wildman–Crippen LogP) is 2.64. The number of rotatable bonds is 10. The van der Waals surface area contributed by atoms with Crippen LogP contribution in [0.1, 0.15) is 25.1 Å². The minimum atomic E-state index is -2.51. The lowest BCUT2D eigenvalue weighted by molar-refractivity contribution is -0.188. The summed E-state index contributed by atoms with van der Waals surface area (Å²) >= 11 is 6.18. The molecule has 1 aliphatic heterocycles. The lowest BCUT2D eigenvalue weighted by atomic mass is 9.94. The van der Waals surface area contributed by atoms with Crippen molar-refractivity contribution in [3.63, 3.8) is 0 Å². The van der Waals surface area contributed by atoms with Crippen LogP contribution in [-0.2, 0) is 25.5 Å². The predicted molar refractivity (Wildman–Crippen MR) is 134 cm³/mol. The molecule has 0 aliphatic carbocycles. The summed E-state index contributed by atoms with van der Waals surface area (Å²) in [5, 5.41) is 19.8. The smallest absolute Gasteiger partial charge is 0.348 e. The topological polar surface area (TPSA) is 140 Å². The number of aromatic nitrogens is 4. The van der Waals surface area contributed by atoms with Crippen molar-refractivity contribution in [2.75, 3.05) is 25.1 Å². The van der Waals surface area contributed by atoms with E-state index < -0.39 is 35.8 Å². The number of nitrogens with zero attached hydrogens (tertiary/aromatic N) is 5. The molecular weight excluding hydrogens is 502 g/mol. The van der Waals surface area contributed by atoms with Gasteiger partial charge < -0.3 is 24.6 Å². The number of aliphatic carboxylic acids is 2. The molecule has 194 valence electrons. The van der Waals surface area contributed by atoms with Gasteiger partial charge in [-0.3, -0.25) is 4.57 Å². The first kappa shape index (κ1) is 26.3. The summed E-state index contributed by atoms with van der Waals surface area (Å²) in [5.41, 5.74) is -1.02. The number of hydrogen-bond donors (Lipinski definition) is 2. The molecule has 3 aromatic rings. The van der Waals surface area contributed by atoms with Gasteiger partial charge in [0.25, 0.3) is 5.60 Å². The van der Waals surface area contributed by atoms with E-state index >= 15 is 0 Å². The number of terminal acetylenes is 1. The minimum absolute atomic E-state index is 0.0459. The Kier molecular flexibility index (Phi) is 7.63. The van der Waals surface area contributed by atoms with Crippen molar-refractivity contribution in [2.24, 2.45) is 5.92 Å². The molecule has 0 bridgehead atoms. The molecule has 1 aromatic carbocycles. The van der Waals surface area contributed by atoms with Crippen LogP contribution in [-0.4, -0.2) is 73.6 Å². The number of hydrogen-bond acceptors (Lipinski definition) is 8.